The van der Waals surface area contributed by atoms with Gasteiger partial charge in [0.05, 0.1) is 4.90 Å². The van der Waals surface area contributed by atoms with Crippen LogP contribution >= 0.6 is 0 Å². The van der Waals surface area contributed by atoms with E-state index in [4.69, 9.17) is 0 Å². The zero-order valence-electron chi connectivity index (χ0n) is 15.9. The van der Waals surface area contributed by atoms with Crippen LogP contribution in [0.4, 0.5) is 5.69 Å². The third kappa shape index (κ3) is 4.55. The molecule has 0 bridgehead atoms. The fourth-order valence-electron chi connectivity index (χ4n) is 3.21. The molecule has 144 valence electrons. The summed E-state index contributed by atoms with van der Waals surface area (Å²) in [4.78, 5) is 14.8. The Labute approximate surface area is 160 Å². The highest BCUT2D eigenvalue weighted by molar-refractivity contribution is 7.89. The standard InChI is InChI=1S/C20H25N3O3S/c1-15-12-16(2)14-18(13-15)21-20(24)17-4-6-19(7-5-17)27(25,26)23-10-8-22(3)9-11-23/h4-7,12-14H,8-11H2,1-3H3,(H,21,24). The van der Waals surface area contributed by atoms with E-state index in [1.165, 1.54) is 16.4 Å². The van der Waals surface area contributed by atoms with Crippen molar-refractivity contribution < 1.29 is 13.2 Å². The number of rotatable bonds is 4. The Balaban J connectivity index is 1.73. The molecule has 2 aromatic rings. The van der Waals surface area contributed by atoms with E-state index in [2.05, 4.69) is 10.2 Å². The first-order chi connectivity index (χ1) is 12.8. The van der Waals surface area contributed by atoms with E-state index in [9.17, 15) is 13.2 Å². The summed E-state index contributed by atoms with van der Waals surface area (Å²) in [5.74, 6) is -0.261. The third-order valence-corrected chi connectivity index (χ3v) is 6.61. The number of amides is 1. The molecule has 2 aromatic carbocycles. The van der Waals surface area contributed by atoms with Gasteiger partial charge in [-0.15, -0.1) is 0 Å². The Hall–Kier alpha value is -2.22. The highest BCUT2D eigenvalue weighted by Gasteiger charge is 2.27. The third-order valence-electron chi connectivity index (χ3n) is 4.70. The molecule has 0 unspecified atom stereocenters. The Kier molecular flexibility index (Phi) is 5.64. The van der Waals surface area contributed by atoms with Gasteiger partial charge in [-0.05, 0) is 68.4 Å². The molecule has 6 nitrogen and oxygen atoms in total. The Morgan fingerprint density at radius 3 is 2.04 bits per heavy atom. The number of benzene rings is 2. The second-order valence-electron chi connectivity index (χ2n) is 7.06. The number of sulfonamides is 1. The summed E-state index contributed by atoms with van der Waals surface area (Å²) in [6.07, 6.45) is 0. The predicted octanol–water partition coefficient (Wildman–Crippen LogP) is 2.49. The van der Waals surface area contributed by atoms with Gasteiger partial charge in [0.2, 0.25) is 10.0 Å². The number of nitrogens with zero attached hydrogens (tertiary/aromatic N) is 2. The van der Waals surface area contributed by atoms with Gasteiger partial charge in [-0.25, -0.2) is 8.42 Å². The molecule has 0 spiro atoms. The molecule has 1 aliphatic rings. The number of carbonyl (C=O) groups excluding carboxylic acids is 1. The lowest BCUT2D eigenvalue weighted by atomic mass is 10.1. The first-order valence-electron chi connectivity index (χ1n) is 8.94. The zero-order valence-corrected chi connectivity index (χ0v) is 16.7. The number of nitrogens with one attached hydrogen (secondary N) is 1. The molecule has 0 aromatic heterocycles. The van der Waals surface area contributed by atoms with Gasteiger partial charge in [0.1, 0.15) is 0 Å². The van der Waals surface area contributed by atoms with Crippen LogP contribution < -0.4 is 5.32 Å². The van der Waals surface area contributed by atoms with E-state index < -0.39 is 10.0 Å². The first-order valence-corrected chi connectivity index (χ1v) is 10.4. The van der Waals surface area contributed by atoms with Gasteiger partial charge < -0.3 is 10.2 Å². The number of anilines is 1. The van der Waals surface area contributed by atoms with Gasteiger partial charge in [0.25, 0.3) is 5.91 Å². The number of piperazine rings is 1. The van der Waals surface area contributed by atoms with E-state index in [1.807, 2.05) is 39.1 Å². The normalized spacial score (nSPS) is 16.3. The van der Waals surface area contributed by atoms with Gasteiger partial charge in [0.15, 0.2) is 0 Å². The van der Waals surface area contributed by atoms with Crippen LogP contribution in [0, 0.1) is 13.8 Å². The van der Waals surface area contributed by atoms with Crippen LogP contribution in [0.25, 0.3) is 0 Å². The molecule has 1 saturated heterocycles. The zero-order chi connectivity index (χ0) is 19.6. The van der Waals surface area contributed by atoms with Crippen molar-refractivity contribution in [2.24, 2.45) is 0 Å². The largest absolute Gasteiger partial charge is 0.322 e. The molecule has 1 fully saturated rings. The van der Waals surface area contributed by atoms with E-state index in [0.29, 0.717) is 18.7 Å². The minimum Gasteiger partial charge on any atom is -0.322 e. The van der Waals surface area contributed by atoms with Crippen LogP contribution in [-0.2, 0) is 10.0 Å². The van der Waals surface area contributed by atoms with Crippen molar-refractivity contribution in [2.45, 2.75) is 18.7 Å². The molecule has 0 aliphatic carbocycles. The molecular formula is C20H25N3O3S. The molecule has 0 atom stereocenters. The smallest absolute Gasteiger partial charge is 0.255 e. The van der Waals surface area contributed by atoms with Crippen LogP contribution in [0.1, 0.15) is 21.5 Å². The fourth-order valence-corrected chi connectivity index (χ4v) is 4.63. The van der Waals surface area contributed by atoms with Crippen LogP contribution in [0.2, 0.25) is 0 Å². The summed E-state index contributed by atoms with van der Waals surface area (Å²) in [7, 11) is -1.54. The summed E-state index contributed by atoms with van der Waals surface area (Å²) < 4.78 is 27.0. The highest BCUT2D eigenvalue weighted by Crippen LogP contribution is 2.19. The summed E-state index contributed by atoms with van der Waals surface area (Å²) in [6, 6.07) is 12.0. The molecule has 1 heterocycles. The van der Waals surface area contributed by atoms with Crippen molar-refractivity contribution in [2.75, 3.05) is 38.5 Å². The molecule has 0 saturated carbocycles. The average molecular weight is 388 g/mol. The second-order valence-corrected chi connectivity index (χ2v) is 9.00. The summed E-state index contributed by atoms with van der Waals surface area (Å²) in [5, 5.41) is 2.86. The van der Waals surface area contributed by atoms with Gasteiger partial charge in [-0.2, -0.15) is 4.31 Å². The van der Waals surface area contributed by atoms with E-state index in [0.717, 1.165) is 29.9 Å². The number of carbonyl (C=O) groups is 1. The second kappa shape index (κ2) is 7.80. The van der Waals surface area contributed by atoms with Crippen molar-refractivity contribution in [3.05, 3.63) is 59.2 Å². The lowest BCUT2D eigenvalue weighted by Crippen LogP contribution is -2.47. The lowest BCUT2D eigenvalue weighted by molar-refractivity contribution is 0.102. The molecule has 1 aliphatic heterocycles. The van der Waals surface area contributed by atoms with Crippen LogP contribution in [0.3, 0.4) is 0 Å². The minimum absolute atomic E-state index is 0.218. The van der Waals surface area contributed by atoms with Crippen molar-refractivity contribution in [1.82, 2.24) is 9.21 Å². The van der Waals surface area contributed by atoms with Crippen molar-refractivity contribution in [3.63, 3.8) is 0 Å². The number of aryl methyl sites for hydroxylation is 2. The van der Waals surface area contributed by atoms with E-state index >= 15 is 0 Å². The molecule has 1 amide bonds. The molecule has 27 heavy (non-hydrogen) atoms. The SMILES string of the molecule is Cc1cc(C)cc(NC(=O)c2ccc(S(=O)(=O)N3CCN(C)CC3)cc2)c1. The monoisotopic (exact) mass is 387 g/mol. The maximum atomic E-state index is 12.7. The lowest BCUT2D eigenvalue weighted by Gasteiger charge is -2.31. The summed E-state index contributed by atoms with van der Waals surface area (Å²) in [5.41, 5.74) is 3.29. The maximum absolute atomic E-state index is 12.7. The van der Waals surface area contributed by atoms with Crippen molar-refractivity contribution in [1.29, 1.82) is 0 Å². The molecule has 7 heteroatoms. The fraction of sp³-hybridized carbons (Fsp3) is 0.350. The maximum Gasteiger partial charge on any atom is 0.255 e. The van der Waals surface area contributed by atoms with Crippen molar-refractivity contribution in [3.8, 4) is 0 Å². The average Bonchev–Trinajstić information content (AvgIpc) is 2.61. The minimum atomic E-state index is -3.52. The molecule has 3 rings (SSSR count). The number of hydrogen-bond donors (Lipinski definition) is 1. The van der Waals surface area contributed by atoms with Crippen LogP contribution in [0.15, 0.2) is 47.4 Å². The highest BCUT2D eigenvalue weighted by atomic mass is 32.2. The molecular weight excluding hydrogens is 362 g/mol. The van der Waals surface area contributed by atoms with Gasteiger partial charge in [0, 0.05) is 37.4 Å². The number of likely N-dealkylation sites (N-methyl/N-ethyl adjacent to an activating group) is 1. The van der Waals surface area contributed by atoms with E-state index in [1.54, 1.807) is 12.1 Å². The summed E-state index contributed by atoms with van der Waals surface area (Å²) >= 11 is 0. The van der Waals surface area contributed by atoms with E-state index in [-0.39, 0.29) is 10.8 Å². The summed E-state index contributed by atoms with van der Waals surface area (Å²) in [6.45, 7) is 6.34. The topological polar surface area (TPSA) is 69.7 Å². The van der Waals surface area contributed by atoms with Gasteiger partial charge >= 0.3 is 0 Å². The predicted molar refractivity (Wildman–Crippen MR) is 107 cm³/mol. The van der Waals surface area contributed by atoms with Gasteiger partial charge in [-0.3, -0.25) is 4.79 Å². The van der Waals surface area contributed by atoms with Crippen LogP contribution in [-0.4, -0.2) is 56.8 Å². The first kappa shape index (κ1) is 19.5. The quantitative estimate of drug-likeness (QED) is 0.875. The Morgan fingerprint density at radius 2 is 1.48 bits per heavy atom. The van der Waals surface area contributed by atoms with Crippen LogP contribution in [0.5, 0.6) is 0 Å². The van der Waals surface area contributed by atoms with Gasteiger partial charge in [-0.1, -0.05) is 6.07 Å². The molecule has 1 N–H and O–H groups in total. The Morgan fingerprint density at radius 1 is 0.926 bits per heavy atom. The molecule has 0 radical (unpaired) electrons. The van der Waals surface area contributed by atoms with Crippen molar-refractivity contribution >= 4 is 21.6 Å². The number of hydrogen-bond acceptors (Lipinski definition) is 4. The Bertz CT molecular complexity index is 911.